The molecule has 2 aromatic heterocycles. The zero-order valence-electron chi connectivity index (χ0n) is 25.7. The Bertz CT molecular complexity index is 2460. The summed E-state index contributed by atoms with van der Waals surface area (Å²) >= 11 is 4.68. The second-order valence-corrected chi connectivity index (χ2v) is 11.9. The van der Waals surface area contributed by atoms with Gasteiger partial charge in [0.15, 0.2) is 5.69 Å². The minimum atomic E-state index is -4.93. The van der Waals surface area contributed by atoms with Crippen molar-refractivity contribution in [3.8, 4) is 33.7 Å². The van der Waals surface area contributed by atoms with E-state index in [2.05, 4.69) is 17.7 Å². The van der Waals surface area contributed by atoms with Crippen molar-refractivity contribution in [1.29, 1.82) is 0 Å². The van der Waals surface area contributed by atoms with Crippen molar-refractivity contribution in [2.24, 2.45) is 0 Å². The second-order valence-electron chi connectivity index (χ2n) is 11.4. The molecule has 7 aromatic rings. The van der Waals surface area contributed by atoms with Crippen LogP contribution in [0.5, 0.6) is 5.75 Å². The van der Waals surface area contributed by atoms with E-state index in [1.54, 1.807) is 36.4 Å². The lowest BCUT2D eigenvalue weighted by atomic mass is 10.0. The van der Waals surface area contributed by atoms with E-state index >= 15 is 0 Å². The second kappa shape index (κ2) is 12.7. The van der Waals surface area contributed by atoms with Gasteiger partial charge in [-0.15, -0.1) is 12.6 Å². The first-order valence-electron chi connectivity index (χ1n) is 15.1. The first kappa shape index (κ1) is 32.4. The van der Waals surface area contributed by atoms with Gasteiger partial charge < -0.3 is 14.9 Å². The molecule has 0 saturated carbocycles. The molecular weight excluding hydrogens is 667 g/mol. The maximum Gasteiger partial charge on any atom is 0.434 e. The smallest absolute Gasteiger partial charge is 0.434 e. The molecule has 8 nitrogen and oxygen atoms in total. The fraction of sp³-hybridized carbons (Fsp3) is 0.0526. The molecule has 0 unspecified atom stereocenters. The van der Waals surface area contributed by atoms with Crippen molar-refractivity contribution in [3.05, 3.63) is 138 Å². The van der Waals surface area contributed by atoms with Crippen molar-refractivity contribution in [2.75, 3.05) is 0 Å². The molecule has 0 radical (unpaired) electrons. The van der Waals surface area contributed by atoms with Crippen LogP contribution in [0.25, 0.3) is 49.7 Å². The third-order valence-electron chi connectivity index (χ3n) is 8.24. The number of carboxylic acid groups (broad SMARTS) is 2. The molecule has 5 aromatic carbocycles. The molecule has 0 saturated heterocycles. The normalized spacial score (nSPS) is 11.6. The van der Waals surface area contributed by atoms with Crippen LogP contribution in [0.3, 0.4) is 0 Å². The summed E-state index contributed by atoms with van der Waals surface area (Å²) in [6.07, 6.45) is -4.24. The molecular formula is C38H24F3N3O5S. The van der Waals surface area contributed by atoms with Gasteiger partial charge in [-0.3, -0.25) is 0 Å². The van der Waals surface area contributed by atoms with Gasteiger partial charge >= 0.3 is 18.1 Å². The summed E-state index contributed by atoms with van der Waals surface area (Å²) in [6.45, 7) is 0.243. The largest absolute Gasteiger partial charge is 0.488 e. The Hall–Kier alpha value is -6.14. The number of hydrogen-bond acceptors (Lipinski definition) is 6. The molecule has 0 amide bonds. The molecule has 248 valence electrons. The average molecular weight is 692 g/mol. The summed E-state index contributed by atoms with van der Waals surface area (Å²) in [5, 5.41) is 23.5. The number of fused-ring (bicyclic) bond motifs is 2. The molecule has 2 heterocycles. The van der Waals surface area contributed by atoms with Crippen molar-refractivity contribution in [2.45, 2.75) is 17.7 Å². The SMILES string of the molecule is O=C(O)c1ccc(-c2ccc(COc3ccccc3-c3ccc4cc5cc(-n6ncc(C(=O)O)c6C(F)(F)F)ccc5nc4c3)c(S)c2)cc1. The van der Waals surface area contributed by atoms with Crippen molar-refractivity contribution in [1.82, 2.24) is 14.8 Å². The number of nitrogens with zero attached hydrogens (tertiary/aromatic N) is 3. The number of rotatable bonds is 8. The van der Waals surface area contributed by atoms with E-state index in [-0.39, 0.29) is 17.9 Å². The highest BCUT2D eigenvalue weighted by atomic mass is 32.1. The molecule has 0 bridgehead atoms. The number of hydrogen-bond donors (Lipinski definition) is 3. The van der Waals surface area contributed by atoms with Crippen LogP contribution in [-0.2, 0) is 12.8 Å². The summed E-state index contributed by atoms with van der Waals surface area (Å²) in [6, 6.07) is 31.9. The van der Waals surface area contributed by atoms with Crippen LogP contribution in [0.2, 0.25) is 0 Å². The number of para-hydroxylation sites is 1. The number of pyridine rings is 1. The fourth-order valence-electron chi connectivity index (χ4n) is 5.75. The Balaban J connectivity index is 1.15. The maximum atomic E-state index is 13.8. The Morgan fingerprint density at radius 1 is 0.760 bits per heavy atom. The molecule has 0 aliphatic heterocycles. The van der Waals surface area contributed by atoms with Crippen LogP contribution in [0, 0.1) is 0 Å². The van der Waals surface area contributed by atoms with Gasteiger partial charge in [0.1, 0.15) is 17.9 Å². The van der Waals surface area contributed by atoms with E-state index in [4.69, 9.17) is 14.8 Å². The lowest BCUT2D eigenvalue weighted by Gasteiger charge is -2.14. The van der Waals surface area contributed by atoms with E-state index in [9.17, 15) is 27.9 Å². The number of halogens is 3. The third kappa shape index (κ3) is 6.24. The van der Waals surface area contributed by atoms with Gasteiger partial charge in [0.05, 0.1) is 28.5 Å². The molecule has 0 fully saturated rings. The average Bonchev–Trinajstić information content (AvgIpc) is 3.57. The number of carboxylic acids is 2. The highest BCUT2D eigenvalue weighted by Gasteiger charge is 2.40. The van der Waals surface area contributed by atoms with E-state index in [1.165, 1.54) is 12.1 Å². The maximum absolute atomic E-state index is 13.8. The van der Waals surface area contributed by atoms with Gasteiger partial charge in [-0.05, 0) is 71.3 Å². The number of ether oxygens (including phenoxy) is 1. The van der Waals surface area contributed by atoms with Crippen molar-refractivity contribution < 1.29 is 37.7 Å². The van der Waals surface area contributed by atoms with Crippen LogP contribution in [0.4, 0.5) is 13.2 Å². The molecule has 50 heavy (non-hydrogen) atoms. The van der Waals surface area contributed by atoms with Crippen LogP contribution in [0.15, 0.2) is 120 Å². The van der Waals surface area contributed by atoms with Crippen LogP contribution in [-0.4, -0.2) is 36.9 Å². The highest BCUT2D eigenvalue weighted by molar-refractivity contribution is 7.80. The van der Waals surface area contributed by atoms with Gasteiger partial charge in [0, 0.05) is 26.8 Å². The molecule has 0 aliphatic carbocycles. The monoisotopic (exact) mass is 691 g/mol. The van der Waals surface area contributed by atoms with E-state index < -0.39 is 29.4 Å². The zero-order valence-corrected chi connectivity index (χ0v) is 26.6. The van der Waals surface area contributed by atoms with Crippen LogP contribution < -0.4 is 4.74 Å². The van der Waals surface area contributed by atoms with Gasteiger partial charge in [-0.25, -0.2) is 19.3 Å². The zero-order chi connectivity index (χ0) is 35.2. The summed E-state index contributed by atoms with van der Waals surface area (Å²) in [5.74, 6) is -2.07. The molecule has 7 rings (SSSR count). The lowest BCUT2D eigenvalue weighted by molar-refractivity contribution is -0.143. The van der Waals surface area contributed by atoms with Crippen molar-refractivity contribution in [3.63, 3.8) is 0 Å². The van der Waals surface area contributed by atoms with E-state index in [0.717, 1.165) is 38.1 Å². The van der Waals surface area contributed by atoms with E-state index in [0.29, 0.717) is 33.0 Å². The summed E-state index contributed by atoms with van der Waals surface area (Å²) in [4.78, 5) is 28.1. The summed E-state index contributed by atoms with van der Waals surface area (Å²) in [7, 11) is 0. The Kier molecular flexibility index (Phi) is 8.24. The molecule has 0 atom stereocenters. The molecule has 2 N–H and O–H groups in total. The lowest BCUT2D eigenvalue weighted by Crippen LogP contribution is -2.17. The molecule has 0 spiro atoms. The molecule has 0 aliphatic rings. The first-order valence-corrected chi connectivity index (χ1v) is 15.5. The summed E-state index contributed by atoms with van der Waals surface area (Å²) < 4.78 is 48.3. The number of aromatic carboxylic acids is 2. The predicted octanol–water partition coefficient (Wildman–Crippen LogP) is 9.19. The van der Waals surface area contributed by atoms with Gasteiger partial charge in [-0.2, -0.15) is 18.3 Å². The minimum Gasteiger partial charge on any atom is -0.488 e. The molecule has 12 heteroatoms. The predicted molar refractivity (Wildman–Crippen MR) is 184 cm³/mol. The topological polar surface area (TPSA) is 115 Å². The third-order valence-corrected chi connectivity index (χ3v) is 8.65. The first-order chi connectivity index (χ1) is 24.0. The van der Waals surface area contributed by atoms with Gasteiger partial charge in [0.2, 0.25) is 0 Å². The van der Waals surface area contributed by atoms with Crippen LogP contribution >= 0.6 is 12.6 Å². The number of carbonyl (C=O) groups is 2. The van der Waals surface area contributed by atoms with Gasteiger partial charge in [0.25, 0.3) is 0 Å². The minimum absolute atomic E-state index is 0.0505. The number of thiol groups is 1. The highest BCUT2D eigenvalue weighted by Crippen LogP contribution is 2.36. The Labute approximate surface area is 287 Å². The summed E-state index contributed by atoms with van der Waals surface area (Å²) in [5.41, 5.74) is 3.44. The fourth-order valence-corrected chi connectivity index (χ4v) is 6.03. The number of benzene rings is 5. The Morgan fingerprint density at radius 3 is 2.22 bits per heavy atom. The number of alkyl halides is 3. The standard InChI is InChI=1S/C38H24F3N3O5S/c39-38(40,41)35-30(37(47)48)19-42-44(35)28-13-14-31-27(16-28)15-25-11-10-24(17-32(25)43-31)29-3-1-2-4-33(29)49-20-26-12-9-23(18-34(26)50)21-5-7-22(8-6-21)36(45)46/h1-19,50H,20H2,(H,45,46)(H,47,48). The number of aromatic nitrogens is 3. The van der Waals surface area contributed by atoms with E-state index in [1.807, 2.05) is 60.7 Å². The Morgan fingerprint density at radius 2 is 1.50 bits per heavy atom. The van der Waals surface area contributed by atoms with Crippen LogP contribution in [0.1, 0.15) is 32.0 Å². The van der Waals surface area contributed by atoms with Crippen molar-refractivity contribution >= 4 is 46.4 Å². The quantitative estimate of drug-likeness (QED) is 0.108. The van der Waals surface area contributed by atoms with Gasteiger partial charge in [-0.1, -0.05) is 54.6 Å².